The highest BCUT2D eigenvalue weighted by Crippen LogP contribution is 2.47. The molecule has 10 rings (SSSR count). The number of hydrogen-bond acceptors (Lipinski definition) is 3. The van der Waals surface area contributed by atoms with Gasteiger partial charge in [-0.15, -0.1) is 22.7 Å². The van der Waals surface area contributed by atoms with Crippen LogP contribution in [0.2, 0.25) is 0 Å². The molecule has 8 aromatic carbocycles. The van der Waals surface area contributed by atoms with Crippen molar-refractivity contribution in [2.24, 2.45) is 0 Å². The molecule has 2 aromatic heterocycles. The summed E-state index contributed by atoms with van der Waals surface area (Å²) in [5.74, 6) is 0. The van der Waals surface area contributed by atoms with Crippen molar-refractivity contribution in [3.05, 3.63) is 188 Å². The lowest BCUT2D eigenvalue weighted by molar-refractivity contribution is 1.28. The standard InChI is InChI=1S/C48H31NS2/c1-3-10-32(11-4-1)34-18-24-37(25-19-34)49(38-26-20-35(21-27-38)33-12-5-2-6-13-33)39-28-22-36(23-29-39)40-15-9-16-41-42-30-31-45-46(48(42)51-47(40)41)43-14-7-8-17-44(43)50-45/h1-31H/i1D,2D,3D,4D,5D,6D,10D,11D,12D,13D. The molecule has 2 heterocycles. The normalized spacial score (nSPS) is 14.3. The Labute approximate surface area is 319 Å². The van der Waals surface area contributed by atoms with Gasteiger partial charge in [0.2, 0.25) is 0 Å². The fraction of sp³-hybridized carbons (Fsp3) is 0. The van der Waals surface area contributed by atoms with Crippen LogP contribution in [0.3, 0.4) is 0 Å². The van der Waals surface area contributed by atoms with Gasteiger partial charge in [-0.25, -0.2) is 0 Å². The van der Waals surface area contributed by atoms with E-state index in [9.17, 15) is 0 Å². The molecule has 0 aliphatic heterocycles. The van der Waals surface area contributed by atoms with Crippen LogP contribution in [0.25, 0.3) is 73.7 Å². The number of rotatable bonds is 6. The molecule has 0 spiro atoms. The quantitative estimate of drug-likeness (QED) is 0.167. The molecular formula is C48H31NS2. The highest BCUT2D eigenvalue weighted by Gasteiger charge is 2.17. The van der Waals surface area contributed by atoms with E-state index in [0.29, 0.717) is 11.1 Å². The minimum absolute atomic E-state index is 0.111. The molecule has 0 saturated heterocycles. The van der Waals surface area contributed by atoms with Gasteiger partial charge in [0.25, 0.3) is 0 Å². The summed E-state index contributed by atoms with van der Waals surface area (Å²) in [7, 11) is 0. The molecule has 0 amide bonds. The molecule has 0 aliphatic carbocycles. The second-order valence-electron chi connectivity index (χ2n) is 12.2. The maximum Gasteiger partial charge on any atom is 0.0629 e. The van der Waals surface area contributed by atoms with Crippen molar-refractivity contribution in [3.8, 4) is 33.4 Å². The van der Waals surface area contributed by atoms with Gasteiger partial charge in [0.1, 0.15) is 0 Å². The molecule has 0 atom stereocenters. The van der Waals surface area contributed by atoms with Gasteiger partial charge < -0.3 is 4.90 Å². The van der Waals surface area contributed by atoms with E-state index >= 15 is 0 Å². The topological polar surface area (TPSA) is 3.24 Å². The number of anilines is 3. The lowest BCUT2D eigenvalue weighted by Gasteiger charge is -2.26. The average Bonchev–Trinajstić information content (AvgIpc) is 3.86. The Morgan fingerprint density at radius 2 is 0.902 bits per heavy atom. The maximum absolute atomic E-state index is 8.53. The van der Waals surface area contributed by atoms with Gasteiger partial charge in [-0.3, -0.25) is 0 Å². The first-order valence-electron chi connectivity index (χ1n) is 21.4. The van der Waals surface area contributed by atoms with Gasteiger partial charge in [0.15, 0.2) is 0 Å². The molecule has 0 aliphatic rings. The van der Waals surface area contributed by atoms with Crippen molar-refractivity contribution in [3.63, 3.8) is 0 Å². The van der Waals surface area contributed by atoms with Crippen molar-refractivity contribution in [1.29, 1.82) is 0 Å². The monoisotopic (exact) mass is 695 g/mol. The minimum Gasteiger partial charge on any atom is -0.311 e. The second-order valence-corrected chi connectivity index (χ2v) is 14.3. The molecule has 0 saturated carbocycles. The molecule has 0 bridgehead atoms. The first-order valence-corrected chi connectivity index (χ1v) is 18.1. The summed E-state index contributed by atoms with van der Waals surface area (Å²) in [6, 6.07) is 38.4. The molecule has 0 N–H and O–H groups in total. The Bertz CT molecular complexity index is 3240. The fourth-order valence-corrected chi connectivity index (χ4v) is 9.45. The summed E-state index contributed by atoms with van der Waals surface area (Å²) in [6.45, 7) is 0. The smallest absolute Gasteiger partial charge is 0.0629 e. The fourth-order valence-electron chi connectivity index (χ4n) is 6.87. The summed E-state index contributed by atoms with van der Waals surface area (Å²) in [4.78, 5) is 2.01. The van der Waals surface area contributed by atoms with E-state index in [1.165, 1.54) is 40.3 Å². The van der Waals surface area contributed by atoms with Gasteiger partial charge >= 0.3 is 0 Å². The van der Waals surface area contributed by atoms with Gasteiger partial charge in [0.05, 0.1) is 13.7 Å². The van der Waals surface area contributed by atoms with E-state index < -0.39 is 36.3 Å². The molecule has 10 aromatic rings. The van der Waals surface area contributed by atoms with Crippen LogP contribution in [0.1, 0.15) is 13.7 Å². The Kier molecular flexibility index (Phi) is 5.17. The number of benzene rings is 8. The highest BCUT2D eigenvalue weighted by atomic mass is 32.1. The van der Waals surface area contributed by atoms with Gasteiger partial charge in [-0.1, -0.05) is 139 Å². The zero-order valence-corrected chi connectivity index (χ0v) is 28.5. The molecule has 51 heavy (non-hydrogen) atoms. The van der Waals surface area contributed by atoms with Crippen LogP contribution in [0, 0.1) is 0 Å². The predicted octanol–water partition coefficient (Wildman–Crippen LogP) is 14.9. The minimum atomic E-state index is -0.450. The summed E-state index contributed by atoms with van der Waals surface area (Å²) in [5, 5.41) is 5.01. The van der Waals surface area contributed by atoms with Crippen molar-refractivity contribution in [1.82, 2.24) is 0 Å². The second kappa shape index (κ2) is 12.4. The molecule has 240 valence electrons. The SMILES string of the molecule is [2H]c1c([2H])c([2H])c(-c2ccc(N(c3ccc(-c4c([2H])c([2H])c([2H])c([2H])c4[2H])cc3)c3ccc(-c4cccc5c4sc4c5ccc5sc6ccccc6c54)cc3)cc2)c([2H])c1[2H]. The summed E-state index contributed by atoms with van der Waals surface area (Å²) in [5.41, 5.74) is 5.57. The molecule has 3 heteroatoms. The Morgan fingerprint density at radius 3 is 1.51 bits per heavy atom. The van der Waals surface area contributed by atoms with Crippen LogP contribution < -0.4 is 4.90 Å². The van der Waals surface area contributed by atoms with Crippen LogP contribution in [0.5, 0.6) is 0 Å². The van der Waals surface area contributed by atoms with Crippen molar-refractivity contribution >= 4 is 80.1 Å². The largest absolute Gasteiger partial charge is 0.311 e. The van der Waals surface area contributed by atoms with E-state index in [4.69, 9.17) is 13.7 Å². The third-order valence-corrected chi connectivity index (χ3v) is 11.7. The number of nitrogens with zero attached hydrogens (tertiary/aromatic N) is 1. The Morgan fingerprint density at radius 1 is 0.373 bits per heavy atom. The van der Waals surface area contributed by atoms with E-state index in [2.05, 4.69) is 66.7 Å². The van der Waals surface area contributed by atoms with Crippen molar-refractivity contribution in [2.45, 2.75) is 0 Å². The molecule has 0 fully saturated rings. The molecular weight excluding hydrogens is 655 g/mol. The van der Waals surface area contributed by atoms with E-state index in [-0.39, 0.29) is 35.3 Å². The molecule has 0 radical (unpaired) electrons. The molecule has 1 nitrogen and oxygen atoms in total. The Hall–Kier alpha value is -6.00. The van der Waals surface area contributed by atoms with Crippen LogP contribution >= 0.6 is 22.7 Å². The van der Waals surface area contributed by atoms with Gasteiger partial charge in [0, 0.05) is 57.4 Å². The lowest BCUT2D eigenvalue weighted by Crippen LogP contribution is -2.09. The van der Waals surface area contributed by atoms with Crippen molar-refractivity contribution in [2.75, 3.05) is 4.90 Å². The average molecular weight is 696 g/mol. The van der Waals surface area contributed by atoms with E-state index in [0.717, 1.165) is 28.2 Å². The summed E-state index contributed by atoms with van der Waals surface area (Å²) in [6.07, 6.45) is 0. The predicted molar refractivity (Wildman–Crippen MR) is 223 cm³/mol. The summed E-state index contributed by atoms with van der Waals surface area (Å²) < 4.78 is 88.0. The van der Waals surface area contributed by atoms with Crippen LogP contribution in [-0.2, 0) is 0 Å². The summed E-state index contributed by atoms with van der Waals surface area (Å²) >= 11 is 3.64. The number of thiophene rings is 2. The maximum atomic E-state index is 8.53. The van der Waals surface area contributed by atoms with E-state index in [1.54, 1.807) is 24.3 Å². The van der Waals surface area contributed by atoms with Crippen LogP contribution in [0.15, 0.2) is 188 Å². The zero-order chi connectivity index (χ0) is 42.4. The first-order chi connectivity index (χ1) is 29.4. The lowest BCUT2D eigenvalue weighted by atomic mass is 10.0. The third kappa shape index (κ3) is 5.21. The van der Waals surface area contributed by atoms with Crippen molar-refractivity contribution < 1.29 is 13.7 Å². The highest BCUT2D eigenvalue weighted by molar-refractivity contribution is 7.30. The first kappa shape index (κ1) is 21.3. The number of fused-ring (bicyclic) bond motifs is 7. The third-order valence-electron chi connectivity index (χ3n) is 9.27. The van der Waals surface area contributed by atoms with Crippen LogP contribution in [0.4, 0.5) is 17.1 Å². The van der Waals surface area contributed by atoms with Crippen LogP contribution in [-0.4, -0.2) is 0 Å². The van der Waals surface area contributed by atoms with Gasteiger partial charge in [-0.05, 0) is 81.9 Å². The zero-order valence-electron chi connectivity index (χ0n) is 36.9. The van der Waals surface area contributed by atoms with Gasteiger partial charge in [-0.2, -0.15) is 0 Å². The number of hydrogen-bond donors (Lipinski definition) is 0. The molecule has 0 unspecified atom stereocenters. The Balaban J connectivity index is 1.08. The van der Waals surface area contributed by atoms with E-state index in [1.807, 2.05) is 64.0 Å².